The summed E-state index contributed by atoms with van der Waals surface area (Å²) in [5.74, 6) is 2.35. The van der Waals surface area contributed by atoms with Crippen LogP contribution >= 0.6 is 11.8 Å². The zero-order valence-corrected chi connectivity index (χ0v) is 9.50. The zero-order valence-electron chi connectivity index (χ0n) is 8.68. The van der Waals surface area contributed by atoms with Crippen molar-refractivity contribution in [3.8, 4) is 5.92 Å². The molecule has 1 nitrogen and oxygen atoms in total. The molecule has 0 aliphatic carbocycles. The van der Waals surface area contributed by atoms with E-state index >= 15 is 0 Å². The third kappa shape index (κ3) is 2.88. The standard InChI is InChI=1S/C14H10NS/c1-2-7-12-8-6-11-14(15-12)16-13-9-4-3-5-10-13/h3-6,8-11H,7H2. The van der Waals surface area contributed by atoms with Crippen molar-refractivity contribution in [2.75, 3.05) is 0 Å². The molecule has 0 saturated heterocycles. The van der Waals surface area contributed by atoms with Gasteiger partial charge in [-0.05, 0) is 30.7 Å². The van der Waals surface area contributed by atoms with Crippen LogP contribution in [0.3, 0.4) is 0 Å². The van der Waals surface area contributed by atoms with Gasteiger partial charge in [0.15, 0.2) is 0 Å². The fourth-order valence-corrected chi connectivity index (χ4v) is 2.16. The maximum absolute atomic E-state index is 6.93. The minimum Gasteiger partial charge on any atom is -0.245 e. The molecule has 2 aromatic rings. The minimum atomic E-state index is 0.475. The lowest BCUT2D eigenvalue weighted by Crippen LogP contribution is -1.88. The van der Waals surface area contributed by atoms with Crippen molar-refractivity contribution in [3.63, 3.8) is 0 Å². The summed E-state index contributed by atoms with van der Waals surface area (Å²) in [5.41, 5.74) is 0.885. The first-order chi connectivity index (χ1) is 7.88. The Labute approximate surface area is 99.9 Å². The van der Waals surface area contributed by atoms with Crippen molar-refractivity contribution >= 4 is 11.8 Å². The average molecular weight is 224 g/mol. The van der Waals surface area contributed by atoms with E-state index in [-0.39, 0.29) is 0 Å². The van der Waals surface area contributed by atoms with Crippen LogP contribution in [0, 0.1) is 12.3 Å². The smallest absolute Gasteiger partial charge is 0.101 e. The molecule has 0 aliphatic rings. The molecule has 0 spiro atoms. The van der Waals surface area contributed by atoms with Crippen LogP contribution in [0.4, 0.5) is 0 Å². The highest BCUT2D eigenvalue weighted by Crippen LogP contribution is 2.25. The van der Waals surface area contributed by atoms with Gasteiger partial charge in [0.25, 0.3) is 0 Å². The Morgan fingerprint density at radius 1 is 1.06 bits per heavy atom. The van der Waals surface area contributed by atoms with Crippen LogP contribution in [0.1, 0.15) is 5.69 Å². The van der Waals surface area contributed by atoms with Gasteiger partial charge in [0, 0.05) is 4.90 Å². The zero-order chi connectivity index (χ0) is 11.2. The number of rotatable bonds is 3. The molecule has 1 aromatic heterocycles. The summed E-state index contributed by atoms with van der Waals surface area (Å²) in [6.45, 7) is 0. The summed E-state index contributed by atoms with van der Waals surface area (Å²) < 4.78 is 0. The van der Waals surface area contributed by atoms with Crippen LogP contribution in [-0.2, 0) is 6.42 Å². The number of hydrogen-bond acceptors (Lipinski definition) is 2. The van der Waals surface area contributed by atoms with Crippen molar-refractivity contribution < 1.29 is 0 Å². The molecule has 1 radical (unpaired) electrons. The lowest BCUT2D eigenvalue weighted by molar-refractivity contribution is 1.03. The summed E-state index contributed by atoms with van der Waals surface area (Å²) in [6.07, 6.45) is 7.41. The number of aromatic nitrogens is 1. The van der Waals surface area contributed by atoms with Gasteiger partial charge in [-0.3, -0.25) is 0 Å². The number of nitrogens with zero attached hydrogens (tertiary/aromatic N) is 1. The Kier molecular flexibility index (Phi) is 3.63. The van der Waals surface area contributed by atoms with E-state index in [1.54, 1.807) is 11.8 Å². The average Bonchev–Trinajstić information content (AvgIpc) is 2.31. The highest BCUT2D eigenvalue weighted by molar-refractivity contribution is 7.99. The monoisotopic (exact) mass is 224 g/mol. The van der Waals surface area contributed by atoms with Gasteiger partial charge < -0.3 is 0 Å². The molecular weight excluding hydrogens is 214 g/mol. The topological polar surface area (TPSA) is 12.9 Å². The largest absolute Gasteiger partial charge is 0.245 e. The van der Waals surface area contributed by atoms with E-state index in [0.717, 1.165) is 10.7 Å². The van der Waals surface area contributed by atoms with E-state index in [4.69, 9.17) is 6.42 Å². The first-order valence-electron chi connectivity index (χ1n) is 4.97. The first kappa shape index (κ1) is 10.8. The Bertz CT molecular complexity index is 500. The second kappa shape index (κ2) is 5.39. The molecular formula is C14H10NS. The fraction of sp³-hybridized carbons (Fsp3) is 0.0714. The van der Waals surface area contributed by atoms with Crippen LogP contribution in [-0.4, -0.2) is 4.98 Å². The van der Waals surface area contributed by atoms with Crippen molar-refractivity contribution in [2.24, 2.45) is 0 Å². The summed E-state index contributed by atoms with van der Waals surface area (Å²) in [7, 11) is 0. The van der Waals surface area contributed by atoms with Crippen molar-refractivity contribution in [2.45, 2.75) is 16.3 Å². The molecule has 0 N–H and O–H groups in total. The van der Waals surface area contributed by atoms with Crippen molar-refractivity contribution in [3.05, 3.63) is 60.6 Å². The van der Waals surface area contributed by atoms with E-state index < -0.39 is 0 Å². The highest BCUT2D eigenvalue weighted by Gasteiger charge is 1.99. The van der Waals surface area contributed by atoms with Crippen LogP contribution in [0.25, 0.3) is 0 Å². The Morgan fingerprint density at radius 3 is 2.62 bits per heavy atom. The van der Waals surface area contributed by atoms with Crippen LogP contribution in [0.2, 0.25) is 0 Å². The number of pyridine rings is 1. The quantitative estimate of drug-likeness (QED) is 0.741. The molecule has 0 saturated carbocycles. The first-order valence-corrected chi connectivity index (χ1v) is 5.78. The van der Waals surface area contributed by atoms with Gasteiger partial charge in [-0.1, -0.05) is 41.9 Å². The molecule has 77 valence electrons. The van der Waals surface area contributed by atoms with Crippen LogP contribution in [0.5, 0.6) is 0 Å². The summed E-state index contributed by atoms with van der Waals surface area (Å²) >= 11 is 1.63. The SMILES string of the molecule is [C]#CCc1cccc(Sc2ccccc2)n1. The molecule has 2 rings (SSSR count). The molecule has 0 unspecified atom stereocenters. The van der Waals surface area contributed by atoms with E-state index in [1.165, 1.54) is 4.90 Å². The van der Waals surface area contributed by atoms with Gasteiger partial charge in [0.2, 0.25) is 0 Å². The van der Waals surface area contributed by atoms with Crippen molar-refractivity contribution in [1.82, 2.24) is 4.98 Å². The molecule has 0 atom stereocenters. The maximum atomic E-state index is 6.93. The van der Waals surface area contributed by atoms with Gasteiger partial charge in [-0.25, -0.2) is 4.98 Å². The number of benzene rings is 1. The van der Waals surface area contributed by atoms with Gasteiger partial charge in [-0.15, -0.1) is 0 Å². The molecule has 0 amide bonds. The molecule has 0 bridgehead atoms. The van der Waals surface area contributed by atoms with Crippen LogP contribution < -0.4 is 0 Å². The number of hydrogen-bond donors (Lipinski definition) is 0. The predicted octanol–water partition coefficient (Wildman–Crippen LogP) is 3.37. The van der Waals surface area contributed by atoms with Gasteiger partial charge in [0.1, 0.15) is 5.03 Å². The molecule has 2 heteroatoms. The second-order valence-corrected chi connectivity index (χ2v) is 4.33. The maximum Gasteiger partial charge on any atom is 0.101 e. The lowest BCUT2D eigenvalue weighted by Gasteiger charge is -2.01. The fourth-order valence-electron chi connectivity index (χ4n) is 1.31. The van der Waals surface area contributed by atoms with E-state index in [0.29, 0.717) is 6.42 Å². The summed E-state index contributed by atoms with van der Waals surface area (Å²) in [4.78, 5) is 5.61. The van der Waals surface area contributed by atoms with Crippen molar-refractivity contribution in [1.29, 1.82) is 0 Å². The lowest BCUT2D eigenvalue weighted by atomic mass is 10.3. The van der Waals surface area contributed by atoms with E-state index in [9.17, 15) is 0 Å². The van der Waals surface area contributed by atoms with E-state index in [1.807, 2.05) is 36.4 Å². The normalized spacial score (nSPS) is 9.69. The molecule has 1 aromatic carbocycles. The Hall–Kier alpha value is -1.72. The third-order valence-corrected chi connectivity index (χ3v) is 2.96. The minimum absolute atomic E-state index is 0.475. The molecule has 1 heterocycles. The van der Waals surface area contributed by atoms with Gasteiger partial charge in [0.05, 0.1) is 12.1 Å². The summed E-state index contributed by atoms with van der Waals surface area (Å²) in [5, 5.41) is 0.957. The molecule has 16 heavy (non-hydrogen) atoms. The van der Waals surface area contributed by atoms with E-state index in [2.05, 4.69) is 23.0 Å². The molecule has 0 aliphatic heterocycles. The van der Waals surface area contributed by atoms with Gasteiger partial charge >= 0.3 is 0 Å². The molecule has 0 fully saturated rings. The highest BCUT2D eigenvalue weighted by atomic mass is 32.2. The third-order valence-electron chi connectivity index (χ3n) is 2.02. The Balaban J connectivity index is 2.16. The Morgan fingerprint density at radius 2 is 1.88 bits per heavy atom. The van der Waals surface area contributed by atoms with Crippen LogP contribution in [0.15, 0.2) is 58.5 Å². The summed E-state index contributed by atoms with van der Waals surface area (Å²) in [6, 6.07) is 16.0. The second-order valence-electron chi connectivity index (χ2n) is 3.24. The van der Waals surface area contributed by atoms with Gasteiger partial charge in [-0.2, -0.15) is 0 Å². The predicted molar refractivity (Wildman–Crippen MR) is 65.6 cm³/mol.